The molecular weight excluding hydrogens is 263 g/mol. The second-order valence-electron chi connectivity index (χ2n) is 6.10. The number of hydrogen-bond acceptors (Lipinski definition) is 1. The third-order valence-corrected chi connectivity index (χ3v) is 8.17. The highest BCUT2D eigenvalue weighted by Gasteiger charge is 2.35. The molecular formula is C18H25OP. The van der Waals surface area contributed by atoms with Crippen LogP contribution in [-0.2, 0) is 4.57 Å². The Hall–Kier alpha value is -0.810. The second-order valence-corrected chi connectivity index (χ2v) is 8.98. The fraction of sp³-hybridized carbons (Fsp3) is 0.556. The molecule has 0 aliphatic heterocycles. The molecule has 2 heteroatoms. The lowest BCUT2D eigenvalue weighted by molar-refractivity contribution is 0.578. The zero-order chi connectivity index (χ0) is 13.8. The van der Waals surface area contributed by atoms with Gasteiger partial charge in [0.2, 0.25) is 0 Å². The van der Waals surface area contributed by atoms with Gasteiger partial charge < -0.3 is 4.57 Å². The third-order valence-electron chi connectivity index (χ3n) is 4.68. The van der Waals surface area contributed by atoms with E-state index in [9.17, 15) is 4.57 Å². The van der Waals surface area contributed by atoms with Crippen molar-refractivity contribution in [2.24, 2.45) is 0 Å². The van der Waals surface area contributed by atoms with Crippen LogP contribution in [0, 0.1) is 0 Å². The van der Waals surface area contributed by atoms with E-state index in [1.165, 1.54) is 36.3 Å². The van der Waals surface area contributed by atoms with Crippen LogP contribution in [0.5, 0.6) is 0 Å². The lowest BCUT2D eigenvalue weighted by atomic mass is 10.1. The van der Waals surface area contributed by atoms with Crippen LogP contribution in [0.25, 0.3) is 0 Å². The first-order valence-electron chi connectivity index (χ1n) is 8.18. The highest BCUT2D eigenvalue weighted by molar-refractivity contribution is 7.76. The van der Waals surface area contributed by atoms with Gasteiger partial charge >= 0.3 is 0 Å². The van der Waals surface area contributed by atoms with Crippen molar-refractivity contribution in [2.75, 3.05) is 0 Å². The third kappa shape index (κ3) is 2.66. The van der Waals surface area contributed by atoms with E-state index in [-0.39, 0.29) is 0 Å². The maximum Gasteiger partial charge on any atom is 0.162 e. The number of allylic oxidation sites excluding steroid dienone is 8. The van der Waals surface area contributed by atoms with Crippen molar-refractivity contribution in [1.82, 2.24) is 0 Å². The second kappa shape index (κ2) is 6.31. The molecule has 0 fully saturated rings. The van der Waals surface area contributed by atoms with Crippen LogP contribution in [0.1, 0.15) is 64.2 Å². The summed E-state index contributed by atoms with van der Waals surface area (Å²) in [5.74, 6) is 0. The minimum absolute atomic E-state index is 1.04. The van der Waals surface area contributed by atoms with Crippen LogP contribution in [0.3, 0.4) is 0 Å². The molecule has 0 aromatic rings. The summed E-state index contributed by atoms with van der Waals surface area (Å²) in [6.07, 6.45) is 22.6. The highest BCUT2D eigenvalue weighted by Crippen LogP contribution is 2.71. The van der Waals surface area contributed by atoms with Gasteiger partial charge in [0.15, 0.2) is 7.14 Å². The monoisotopic (exact) mass is 288 g/mol. The fourth-order valence-corrected chi connectivity index (χ4v) is 7.02. The molecule has 108 valence electrons. The Labute approximate surface area is 122 Å². The van der Waals surface area contributed by atoms with E-state index in [1.807, 2.05) is 0 Å². The smallest absolute Gasteiger partial charge is 0.162 e. The molecule has 0 spiro atoms. The van der Waals surface area contributed by atoms with Gasteiger partial charge in [-0.2, -0.15) is 0 Å². The standard InChI is InChI=1S/C18H25OP/c19-20(16-10-4-1-5-11-16,17-12-6-2-7-13-17)18-14-8-3-9-15-18/h4,10-12,14H,1-3,5-9,13,15H2. The molecule has 0 heterocycles. The first-order valence-corrected chi connectivity index (χ1v) is 9.89. The Morgan fingerprint density at radius 2 is 1.40 bits per heavy atom. The van der Waals surface area contributed by atoms with Crippen LogP contribution in [-0.4, -0.2) is 0 Å². The van der Waals surface area contributed by atoms with Crippen LogP contribution in [0.15, 0.2) is 46.3 Å². The highest BCUT2D eigenvalue weighted by atomic mass is 31.2. The maximum atomic E-state index is 14.0. The van der Waals surface area contributed by atoms with Crippen molar-refractivity contribution in [3.8, 4) is 0 Å². The molecule has 20 heavy (non-hydrogen) atoms. The van der Waals surface area contributed by atoms with Crippen LogP contribution in [0.2, 0.25) is 0 Å². The van der Waals surface area contributed by atoms with Crippen LogP contribution >= 0.6 is 7.14 Å². The van der Waals surface area contributed by atoms with Gasteiger partial charge in [0.25, 0.3) is 0 Å². The Kier molecular flexibility index (Phi) is 4.46. The molecule has 0 N–H and O–H groups in total. The average Bonchev–Trinajstić information content (AvgIpc) is 2.56. The first-order chi connectivity index (χ1) is 9.82. The van der Waals surface area contributed by atoms with Crippen molar-refractivity contribution in [3.05, 3.63) is 46.3 Å². The van der Waals surface area contributed by atoms with E-state index < -0.39 is 7.14 Å². The zero-order valence-electron chi connectivity index (χ0n) is 12.3. The minimum atomic E-state index is -2.45. The predicted octanol–water partition coefficient (Wildman–Crippen LogP) is 6.50. The van der Waals surface area contributed by atoms with Gasteiger partial charge in [-0.3, -0.25) is 0 Å². The van der Waals surface area contributed by atoms with Gasteiger partial charge in [-0.05, 0) is 74.8 Å². The van der Waals surface area contributed by atoms with Crippen molar-refractivity contribution < 1.29 is 4.57 Å². The summed E-state index contributed by atoms with van der Waals surface area (Å²) in [5.41, 5.74) is 0. The minimum Gasteiger partial charge on any atom is -0.309 e. The van der Waals surface area contributed by atoms with Crippen LogP contribution in [0.4, 0.5) is 0 Å². The summed E-state index contributed by atoms with van der Waals surface area (Å²) >= 11 is 0. The molecule has 0 bridgehead atoms. The summed E-state index contributed by atoms with van der Waals surface area (Å²) in [7, 11) is -2.45. The lowest BCUT2D eigenvalue weighted by Crippen LogP contribution is -2.02. The average molecular weight is 288 g/mol. The Morgan fingerprint density at radius 3 is 1.85 bits per heavy atom. The van der Waals surface area contributed by atoms with Gasteiger partial charge in [0.1, 0.15) is 0 Å². The fourth-order valence-electron chi connectivity index (χ4n) is 3.56. The molecule has 0 unspecified atom stereocenters. The molecule has 1 nitrogen and oxygen atoms in total. The van der Waals surface area contributed by atoms with E-state index in [0.717, 1.165) is 43.8 Å². The molecule has 0 aromatic carbocycles. The summed E-state index contributed by atoms with van der Waals surface area (Å²) in [6.45, 7) is 0. The summed E-state index contributed by atoms with van der Waals surface area (Å²) in [5, 5.41) is 3.65. The largest absolute Gasteiger partial charge is 0.309 e. The topological polar surface area (TPSA) is 17.1 Å². The molecule has 0 amide bonds. The first kappa shape index (κ1) is 14.1. The molecule has 3 aliphatic rings. The Bertz CT molecular complexity index is 504. The van der Waals surface area contributed by atoms with Crippen molar-refractivity contribution in [1.29, 1.82) is 0 Å². The molecule has 0 saturated carbocycles. The molecule has 0 aromatic heterocycles. The van der Waals surface area contributed by atoms with E-state index in [1.54, 1.807) is 0 Å². The zero-order valence-corrected chi connectivity index (χ0v) is 13.2. The normalized spacial score (nSPS) is 23.9. The van der Waals surface area contributed by atoms with E-state index in [2.05, 4.69) is 30.4 Å². The van der Waals surface area contributed by atoms with E-state index >= 15 is 0 Å². The van der Waals surface area contributed by atoms with Crippen molar-refractivity contribution in [2.45, 2.75) is 64.2 Å². The molecule has 3 aliphatic carbocycles. The molecule has 3 rings (SSSR count). The van der Waals surface area contributed by atoms with Gasteiger partial charge in [0.05, 0.1) is 0 Å². The number of rotatable bonds is 3. The maximum absolute atomic E-state index is 14.0. The van der Waals surface area contributed by atoms with E-state index in [0.29, 0.717) is 0 Å². The van der Waals surface area contributed by atoms with Gasteiger partial charge in [0, 0.05) is 5.31 Å². The SMILES string of the molecule is O=P(C1=CCCC=C1)(C1=CCCCC1)C1=CCCCC1. The Balaban J connectivity index is 2.04. The Morgan fingerprint density at radius 1 is 0.750 bits per heavy atom. The summed E-state index contributed by atoms with van der Waals surface area (Å²) in [6, 6.07) is 0. The quantitative estimate of drug-likeness (QED) is 0.542. The number of hydrogen-bond donors (Lipinski definition) is 0. The van der Waals surface area contributed by atoms with Crippen LogP contribution < -0.4 is 0 Å². The van der Waals surface area contributed by atoms with Gasteiger partial charge in [-0.25, -0.2) is 0 Å². The summed E-state index contributed by atoms with van der Waals surface area (Å²) in [4.78, 5) is 0. The van der Waals surface area contributed by atoms with Gasteiger partial charge in [-0.15, -0.1) is 0 Å². The molecule has 0 radical (unpaired) electrons. The van der Waals surface area contributed by atoms with Crippen molar-refractivity contribution in [3.63, 3.8) is 0 Å². The lowest BCUT2D eigenvalue weighted by Gasteiger charge is -2.30. The molecule has 0 atom stereocenters. The summed E-state index contributed by atoms with van der Waals surface area (Å²) < 4.78 is 14.0. The predicted molar refractivity (Wildman–Crippen MR) is 87.2 cm³/mol. The van der Waals surface area contributed by atoms with Crippen molar-refractivity contribution >= 4 is 7.14 Å². The van der Waals surface area contributed by atoms with E-state index in [4.69, 9.17) is 0 Å². The van der Waals surface area contributed by atoms with Gasteiger partial charge in [-0.1, -0.05) is 30.4 Å². The molecule has 0 saturated heterocycles.